The monoisotopic (exact) mass is 358 g/mol. The number of piperidine rings is 1. The summed E-state index contributed by atoms with van der Waals surface area (Å²) in [6.07, 6.45) is 7.29. The quantitative estimate of drug-likeness (QED) is 0.737. The molecule has 0 bridgehead atoms. The zero-order valence-corrected chi connectivity index (χ0v) is 15.1. The van der Waals surface area contributed by atoms with Gasteiger partial charge in [0.25, 0.3) is 0 Å². The molecule has 1 atom stereocenters. The van der Waals surface area contributed by atoms with Gasteiger partial charge >= 0.3 is 6.09 Å². The molecule has 1 aliphatic carbocycles. The van der Waals surface area contributed by atoms with Crippen LogP contribution in [0.2, 0.25) is 0 Å². The molecule has 3 heterocycles. The number of nitrogens with one attached hydrogen (secondary N) is 2. The minimum Gasteiger partial charge on any atom is -0.465 e. The van der Waals surface area contributed by atoms with Gasteiger partial charge in [-0.05, 0) is 43.2 Å². The number of carboxylic acid groups (broad SMARTS) is 1. The van der Waals surface area contributed by atoms with Gasteiger partial charge in [-0.3, -0.25) is 0 Å². The van der Waals surface area contributed by atoms with Crippen molar-refractivity contribution in [2.24, 2.45) is 5.92 Å². The highest BCUT2D eigenvalue weighted by Crippen LogP contribution is 2.44. The van der Waals surface area contributed by atoms with E-state index in [1.807, 2.05) is 6.20 Å². The van der Waals surface area contributed by atoms with Gasteiger partial charge in [-0.1, -0.05) is 0 Å². The minimum atomic E-state index is -0.826. The summed E-state index contributed by atoms with van der Waals surface area (Å²) in [5.74, 6) is 1.13. The molecular formula is C19H26N4O3. The number of nitrogens with zero attached hydrogens (tertiary/aromatic N) is 2. The van der Waals surface area contributed by atoms with E-state index in [-0.39, 0.29) is 6.04 Å². The number of likely N-dealkylation sites (tertiary alicyclic amines) is 1. The summed E-state index contributed by atoms with van der Waals surface area (Å²) in [5.41, 5.74) is 3.20. The standard InChI is InChI=1S/C19H26N4O3/c1-26-11-17(12-2-3-12)16-10-21-18-15(16)8-14(9-20-18)22-13-4-6-23(7-5-13)19(24)25/h8-10,12-13,17,22H,2-7,11H2,1H3,(H,20,21)(H,24,25). The van der Waals surface area contributed by atoms with Crippen LogP contribution in [0.3, 0.4) is 0 Å². The number of carbonyl (C=O) groups is 1. The van der Waals surface area contributed by atoms with Gasteiger partial charge in [-0.25, -0.2) is 9.78 Å². The third kappa shape index (κ3) is 3.49. The van der Waals surface area contributed by atoms with Crippen LogP contribution < -0.4 is 5.32 Å². The van der Waals surface area contributed by atoms with E-state index in [9.17, 15) is 4.79 Å². The van der Waals surface area contributed by atoms with Crippen molar-refractivity contribution < 1.29 is 14.6 Å². The number of methoxy groups -OCH3 is 1. The fourth-order valence-corrected chi connectivity index (χ4v) is 4.02. The van der Waals surface area contributed by atoms with Gasteiger partial charge in [0.1, 0.15) is 5.65 Å². The number of hydrogen-bond donors (Lipinski definition) is 3. The Hall–Kier alpha value is -2.28. The second-order valence-electron chi connectivity index (χ2n) is 7.45. The van der Waals surface area contributed by atoms with E-state index >= 15 is 0 Å². The molecule has 1 amide bonds. The van der Waals surface area contributed by atoms with Gasteiger partial charge in [-0.2, -0.15) is 0 Å². The molecule has 1 unspecified atom stereocenters. The van der Waals surface area contributed by atoms with Crippen molar-refractivity contribution in [1.29, 1.82) is 0 Å². The normalized spacial score (nSPS) is 19.7. The molecule has 7 heteroatoms. The Morgan fingerprint density at radius 1 is 1.42 bits per heavy atom. The van der Waals surface area contributed by atoms with Crippen molar-refractivity contribution in [3.63, 3.8) is 0 Å². The molecule has 1 saturated heterocycles. The molecule has 2 fully saturated rings. The third-order valence-electron chi connectivity index (χ3n) is 5.64. The molecule has 7 nitrogen and oxygen atoms in total. The Labute approximate surface area is 152 Å². The first-order valence-corrected chi connectivity index (χ1v) is 9.36. The van der Waals surface area contributed by atoms with Crippen LogP contribution in [0.25, 0.3) is 11.0 Å². The van der Waals surface area contributed by atoms with Crippen LogP contribution in [0.1, 0.15) is 37.2 Å². The van der Waals surface area contributed by atoms with Crippen LogP contribution in [0.4, 0.5) is 10.5 Å². The molecule has 4 rings (SSSR count). The van der Waals surface area contributed by atoms with Crippen molar-refractivity contribution in [1.82, 2.24) is 14.9 Å². The topological polar surface area (TPSA) is 90.5 Å². The summed E-state index contributed by atoms with van der Waals surface area (Å²) in [5, 5.41) is 13.8. The number of pyridine rings is 1. The van der Waals surface area contributed by atoms with Crippen LogP contribution in [0.15, 0.2) is 18.5 Å². The lowest BCUT2D eigenvalue weighted by molar-refractivity contribution is 0.134. The highest BCUT2D eigenvalue weighted by atomic mass is 16.5. The highest BCUT2D eigenvalue weighted by molar-refractivity contribution is 5.83. The zero-order chi connectivity index (χ0) is 18.1. The number of hydrogen-bond acceptors (Lipinski definition) is 4. The maximum absolute atomic E-state index is 11.0. The molecule has 2 aromatic heterocycles. The summed E-state index contributed by atoms with van der Waals surface area (Å²) in [4.78, 5) is 20.4. The summed E-state index contributed by atoms with van der Waals surface area (Å²) in [6.45, 7) is 1.90. The first-order valence-electron chi connectivity index (χ1n) is 9.36. The van der Waals surface area contributed by atoms with Crippen molar-refractivity contribution in [2.45, 2.75) is 37.6 Å². The Morgan fingerprint density at radius 2 is 2.19 bits per heavy atom. The Balaban J connectivity index is 1.50. The largest absolute Gasteiger partial charge is 0.465 e. The molecule has 26 heavy (non-hydrogen) atoms. The number of aromatic amines is 1. The summed E-state index contributed by atoms with van der Waals surface area (Å²) < 4.78 is 5.46. The molecule has 2 aliphatic rings. The van der Waals surface area contributed by atoms with E-state index in [1.54, 1.807) is 7.11 Å². The number of anilines is 1. The van der Waals surface area contributed by atoms with Gasteiger partial charge in [0.2, 0.25) is 0 Å². The van der Waals surface area contributed by atoms with E-state index in [2.05, 4.69) is 27.5 Å². The van der Waals surface area contributed by atoms with Crippen molar-refractivity contribution in [3.05, 3.63) is 24.0 Å². The average Bonchev–Trinajstić information content (AvgIpc) is 3.40. The first kappa shape index (κ1) is 17.1. The molecule has 1 aliphatic heterocycles. The zero-order valence-electron chi connectivity index (χ0n) is 15.1. The first-order chi connectivity index (χ1) is 12.7. The second-order valence-corrected chi connectivity index (χ2v) is 7.45. The Bertz CT molecular complexity index is 778. The van der Waals surface area contributed by atoms with E-state index in [0.717, 1.165) is 36.2 Å². The van der Waals surface area contributed by atoms with Crippen LogP contribution in [0, 0.1) is 5.92 Å². The molecule has 0 radical (unpaired) electrons. The number of amides is 1. The van der Waals surface area contributed by atoms with Gasteiger partial charge < -0.3 is 25.0 Å². The molecule has 2 aromatic rings. The maximum atomic E-state index is 11.0. The highest BCUT2D eigenvalue weighted by Gasteiger charge is 2.33. The van der Waals surface area contributed by atoms with Crippen LogP contribution in [-0.4, -0.2) is 58.9 Å². The molecular weight excluding hydrogens is 332 g/mol. The summed E-state index contributed by atoms with van der Waals surface area (Å²) in [7, 11) is 1.76. The minimum absolute atomic E-state index is 0.283. The maximum Gasteiger partial charge on any atom is 0.407 e. The number of rotatable bonds is 6. The fourth-order valence-electron chi connectivity index (χ4n) is 4.02. The second kappa shape index (κ2) is 7.15. The number of H-pyrrole nitrogens is 1. The Morgan fingerprint density at radius 3 is 2.85 bits per heavy atom. The number of aromatic nitrogens is 2. The smallest absolute Gasteiger partial charge is 0.407 e. The number of fused-ring (bicyclic) bond motifs is 1. The Kier molecular flexibility index (Phi) is 4.72. The van der Waals surface area contributed by atoms with Gasteiger partial charge in [0.15, 0.2) is 0 Å². The van der Waals surface area contributed by atoms with Crippen molar-refractivity contribution >= 4 is 22.8 Å². The van der Waals surface area contributed by atoms with Crippen molar-refractivity contribution in [3.8, 4) is 0 Å². The van der Waals surface area contributed by atoms with E-state index in [1.165, 1.54) is 23.3 Å². The molecule has 1 saturated carbocycles. The molecule has 3 N–H and O–H groups in total. The van der Waals surface area contributed by atoms with Gasteiger partial charge in [-0.15, -0.1) is 0 Å². The fraction of sp³-hybridized carbons (Fsp3) is 0.579. The van der Waals surface area contributed by atoms with Crippen LogP contribution >= 0.6 is 0 Å². The average molecular weight is 358 g/mol. The SMILES string of the molecule is COCC(c1c[nH]c2ncc(NC3CCN(C(=O)O)CC3)cc12)C1CC1. The predicted molar refractivity (Wildman–Crippen MR) is 99.7 cm³/mol. The summed E-state index contributed by atoms with van der Waals surface area (Å²) >= 11 is 0. The summed E-state index contributed by atoms with van der Waals surface area (Å²) in [6, 6.07) is 2.45. The lowest BCUT2D eigenvalue weighted by Gasteiger charge is -2.31. The lowest BCUT2D eigenvalue weighted by atomic mass is 9.95. The van der Waals surface area contributed by atoms with E-state index < -0.39 is 6.09 Å². The van der Waals surface area contributed by atoms with E-state index in [4.69, 9.17) is 9.84 Å². The molecule has 140 valence electrons. The van der Waals surface area contributed by atoms with Gasteiger partial charge in [0.05, 0.1) is 18.5 Å². The molecule has 0 spiro atoms. The van der Waals surface area contributed by atoms with Crippen molar-refractivity contribution in [2.75, 3.05) is 32.1 Å². The third-order valence-corrected chi connectivity index (χ3v) is 5.64. The van der Waals surface area contributed by atoms with Crippen LogP contribution in [0.5, 0.6) is 0 Å². The van der Waals surface area contributed by atoms with Crippen LogP contribution in [-0.2, 0) is 4.74 Å². The predicted octanol–water partition coefficient (Wildman–Crippen LogP) is 3.26. The van der Waals surface area contributed by atoms with E-state index in [0.29, 0.717) is 24.9 Å². The number of ether oxygens (including phenoxy) is 1. The molecule has 0 aromatic carbocycles. The van der Waals surface area contributed by atoms with Gasteiger partial charge in [0, 0.05) is 43.7 Å². The lowest BCUT2D eigenvalue weighted by Crippen LogP contribution is -2.41.